The van der Waals surface area contributed by atoms with Gasteiger partial charge in [0.2, 0.25) is 0 Å². The summed E-state index contributed by atoms with van der Waals surface area (Å²) < 4.78 is 20.9. The van der Waals surface area contributed by atoms with Crippen molar-refractivity contribution in [3.63, 3.8) is 0 Å². The first-order valence-corrected chi connectivity index (χ1v) is 9.09. The summed E-state index contributed by atoms with van der Waals surface area (Å²) in [4.78, 5) is 16.1. The fourth-order valence-electron chi connectivity index (χ4n) is 2.21. The number of nitrogens with zero attached hydrogens (tertiary/aromatic N) is 1. The van der Waals surface area contributed by atoms with Crippen molar-refractivity contribution in [2.24, 2.45) is 0 Å². The van der Waals surface area contributed by atoms with Crippen LogP contribution in [0.3, 0.4) is 0 Å². The Bertz CT molecular complexity index is 894. The molecule has 0 aliphatic carbocycles. The van der Waals surface area contributed by atoms with Gasteiger partial charge in [-0.3, -0.25) is 0 Å². The predicted molar refractivity (Wildman–Crippen MR) is 99.5 cm³/mol. The molecule has 0 aliphatic heterocycles. The van der Waals surface area contributed by atoms with Gasteiger partial charge in [0.15, 0.2) is 0 Å². The number of ether oxygens (including phenoxy) is 1. The zero-order chi connectivity index (χ0) is 17.8. The molecule has 0 aliphatic rings. The normalized spacial score (nSPS) is 10.5. The second kappa shape index (κ2) is 7.67. The number of thiazole rings is 1. The van der Waals surface area contributed by atoms with Crippen LogP contribution in [0.15, 0.2) is 52.9 Å². The molecule has 7 heteroatoms. The number of aryl methyl sites for hydroxylation is 1. The highest BCUT2D eigenvalue weighted by atomic mass is 32.2. The van der Waals surface area contributed by atoms with Gasteiger partial charge in [-0.2, -0.15) is 0 Å². The van der Waals surface area contributed by atoms with Crippen molar-refractivity contribution in [3.05, 3.63) is 64.8 Å². The standard InChI is InChI=1S/C18H15FN2O2S2/c1-11-9-14(7-8-15(11)18(22)23-2)21-25-16-10-24-17(20-16)12-3-5-13(19)6-4-12/h3-10,21H,1-2H3. The minimum Gasteiger partial charge on any atom is -0.465 e. The van der Waals surface area contributed by atoms with Gasteiger partial charge in [-0.25, -0.2) is 14.2 Å². The number of rotatable bonds is 5. The average Bonchev–Trinajstić information content (AvgIpc) is 3.09. The fraction of sp³-hybridized carbons (Fsp3) is 0.111. The Kier molecular flexibility index (Phi) is 5.35. The van der Waals surface area contributed by atoms with Crippen LogP contribution in [0.25, 0.3) is 10.6 Å². The van der Waals surface area contributed by atoms with E-state index in [4.69, 9.17) is 4.74 Å². The maximum Gasteiger partial charge on any atom is 0.338 e. The van der Waals surface area contributed by atoms with Gasteiger partial charge in [-0.15, -0.1) is 11.3 Å². The third-order valence-electron chi connectivity index (χ3n) is 3.48. The lowest BCUT2D eigenvalue weighted by Crippen LogP contribution is -2.03. The van der Waals surface area contributed by atoms with Crippen LogP contribution >= 0.6 is 23.3 Å². The first kappa shape index (κ1) is 17.4. The van der Waals surface area contributed by atoms with E-state index < -0.39 is 0 Å². The van der Waals surface area contributed by atoms with Gasteiger partial charge in [0.1, 0.15) is 15.9 Å². The SMILES string of the molecule is COC(=O)c1ccc(NSc2csc(-c3ccc(F)cc3)n2)cc1C. The van der Waals surface area contributed by atoms with Crippen LogP contribution in [0.2, 0.25) is 0 Å². The van der Waals surface area contributed by atoms with E-state index in [1.165, 1.54) is 42.5 Å². The zero-order valence-electron chi connectivity index (χ0n) is 13.6. The molecule has 128 valence electrons. The summed E-state index contributed by atoms with van der Waals surface area (Å²) in [7, 11) is 1.37. The van der Waals surface area contributed by atoms with Crippen molar-refractivity contribution >= 4 is 34.9 Å². The van der Waals surface area contributed by atoms with Gasteiger partial charge in [-0.1, -0.05) is 0 Å². The number of methoxy groups -OCH3 is 1. The van der Waals surface area contributed by atoms with E-state index in [1.54, 1.807) is 18.2 Å². The molecule has 1 heterocycles. The van der Waals surface area contributed by atoms with Crippen LogP contribution in [-0.2, 0) is 4.74 Å². The highest BCUT2D eigenvalue weighted by Gasteiger charge is 2.10. The summed E-state index contributed by atoms with van der Waals surface area (Å²) in [6.07, 6.45) is 0. The first-order valence-electron chi connectivity index (χ1n) is 7.40. The highest BCUT2D eigenvalue weighted by Crippen LogP contribution is 2.29. The number of nitrogens with one attached hydrogen (secondary N) is 1. The van der Waals surface area contributed by atoms with Gasteiger partial charge in [-0.05, 0) is 55.0 Å². The quantitative estimate of drug-likeness (QED) is 0.494. The van der Waals surface area contributed by atoms with Gasteiger partial charge >= 0.3 is 5.97 Å². The first-order chi connectivity index (χ1) is 12.1. The number of hydrogen-bond donors (Lipinski definition) is 1. The molecule has 25 heavy (non-hydrogen) atoms. The average molecular weight is 374 g/mol. The minimum atomic E-state index is -0.347. The Labute approximate surface area is 153 Å². The number of esters is 1. The van der Waals surface area contributed by atoms with Crippen molar-refractivity contribution in [1.29, 1.82) is 0 Å². The Morgan fingerprint density at radius 1 is 1.24 bits per heavy atom. The van der Waals surface area contributed by atoms with Gasteiger partial charge in [0.05, 0.1) is 12.7 Å². The van der Waals surface area contributed by atoms with Crippen molar-refractivity contribution in [2.45, 2.75) is 11.9 Å². The molecule has 3 aromatic rings. The largest absolute Gasteiger partial charge is 0.465 e. The number of benzene rings is 2. The van der Waals surface area contributed by atoms with Crippen LogP contribution in [0, 0.1) is 12.7 Å². The van der Waals surface area contributed by atoms with Crippen molar-refractivity contribution in [2.75, 3.05) is 11.8 Å². The molecule has 0 atom stereocenters. The zero-order valence-corrected chi connectivity index (χ0v) is 15.2. The molecule has 0 spiro atoms. The van der Waals surface area contributed by atoms with Gasteiger partial charge < -0.3 is 9.46 Å². The third kappa shape index (κ3) is 4.18. The van der Waals surface area contributed by atoms with Crippen molar-refractivity contribution in [3.8, 4) is 10.6 Å². The summed E-state index contributed by atoms with van der Waals surface area (Å²) in [6.45, 7) is 1.86. The molecule has 0 amide bonds. The van der Waals surface area contributed by atoms with Crippen molar-refractivity contribution in [1.82, 2.24) is 4.98 Å². The predicted octanol–water partition coefficient (Wildman–Crippen LogP) is 5.16. The lowest BCUT2D eigenvalue weighted by Gasteiger charge is -2.07. The molecule has 0 saturated carbocycles. The number of hydrogen-bond acceptors (Lipinski definition) is 6. The van der Waals surface area contributed by atoms with Crippen molar-refractivity contribution < 1.29 is 13.9 Å². The highest BCUT2D eigenvalue weighted by molar-refractivity contribution is 8.00. The molecule has 4 nitrogen and oxygen atoms in total. The molecule has 0 bridgehead atoms. The molecule has 0 unspecified atom stereocenters. The Morgan fingerprint density at radius 3 is 2.68 bits per heavy atom. The summed E-state index contributed by atoms with van der Waals surface area (Å²) in [5.41, 5.74) is 3.14. The lowest BCUT2D eigenvalue weighted by molar-refractivity contribution is 0.0600. The van der Waals surface area contributed by atoms with Crippen LogP contribution in [-0.4, -0.2) is 18.1 Å². The Morgan fingerprint density at radius 2 is 2.00 bits per heavy atom. The number of carbonyl (C=O) groups is 1. The number of halogens is 1. The molecule has 0 saturated heterocycles. The van der Waals surface area contributed by atoms with E-state index >= 15 is 0 Å². The maximum atomic E-state index is 13.0. The summed E-state index contributed by atoms with van der Waals surface area (Å²) >= 11 is 2.88. The Balaban J connectivity index is 1.67. The maximum absolute atomic E-state index is 13.0. The van der Waals surface area contributed by atoms with E-state index in [1.807, 2.05) is 24.4 Å². The fourth-order valence-corrected chi connectivity index (χ4v) is 3.78. The van der Waals surface area contributed by atoms with E-state index in [-0.39, 0.29) is 11.8 Å². The summed E-state index contributed by atoms with van der Waals surface area (Å²) in [5.74, 6) is -0.609. The molecule has 0 radical (unpaired) electrons. The monoisotopic (exact) mass is 374 g/mol. The smallest absolute Gasteiger partial charge is 0.338 e. The Hall–Kier alpha value is -2.38. The molecular weight excluding hydrogens is 359 g/mol. The van der Waals surface area contributed by atoms with Crippen LogP contribution < -0.4 is 4.72 Å². The molecule has 2 aromatic carbocycles. The van der Waals surface area contributed by atoms with Crippen LogP contribution in [0.1, 0.15) is 15.9 Å². The molecule has 1 N–H and O–H groups in total. The molecule has 1 aromatic heterocycles. The number of anilines is 1. The van der Waals surface area contributed by atoms with Gasteiger partial charge in [0.25, 0.3) is 0 Å². The third-order valence-corrected chi connectivity index (χ3v) is 5.28. The van der Waals surface area contributed by atoms with Crippen LogP contribution in [0.5, 0.6) is 0 Å². The van der Waals surface area contributed by atoms with Gasteiger partial charge in [0, 0.05) is 28.6 Å². The molecule has 3 rings (SSSR count). The summed E-state index contributed by atoms with van der Waals surface area (Å²) in [6, 6.07) is 11.7. The lowest BCUT2D eigenvalue weighted by atomic mass is 10.1. The minimum absolute atomic E-state index is 0.262. The molecular formula is C18H15FN2O2S2. The van der Waals surface area contributed by atoms with E-state index in [9.17, 15) is 9.18 Å². The molecule has 0 fully saturated rings. The number of aromatic nitrogens is 1. The summed E-state index contributed by atoms with van der Waals surface area (Å²) in [5, 5.41) is 3.59. The van der Waals surface area contributed by atoms with Crippen LogP contribution in [0.4, 0.5) is 10.1 Å². The van der Waals surface area contributed by atoms with E-state index in [0.29, 0.717) is 5.56 Å². The topological polar surface area (TPSA) is 51.2 Å². The van der Waals surface area contributed by atoms with E-state index in [2.05, 4.69) is 9.71 Å². The second-order valence-electron chi connectivity index (χ2n) is 5.22. The number of carbonyl (C=O) groups excluding carboxylic acids is 1. The second-order valence-corrected chi connectivity index (χ2v) is 6.91. The van der Waals surface area contributed by atoms with E-state index in [0.717, 1.165) is 26.8 Å².